The van der Waals surface area contributed by atoms with Gasteiger partial charge in [-0.15, -0.1) is 0 Å². The van der Waals surface area contributed by atoms with Crippen LogP contribution in [0.2, 0.25) is 10.0 Å². The first kappa shape index (κ1) is 14.1. The fraction of sp³-hybridized carbons (Fsp3) is 0.364. The first-order chi connectivity index (χ1) is 8.06. The summed E-state index contributed by atoms with van der Waals surface area (Å²) in [5.74, 6) is 0. The van der Waals surface area contributed by atoms with Crippen molar-refractivity contribution in [3.8, 4) is 0 Å². The average Bonchev–Trinajstić information content (AvgIpc) is 2.31. The summed E-state index contributed by atoms with van der Waals surface area (Å²) in [5, 5.41) is 9.41. The molecule has 1 N–H and O–H groups in total. The molecule has 0 saturated carbocycles. The van der Waals surface area contributed by atoms with Gasteiger partial charge in [0.1, 0.15) is 6.61 Å². The van der Waals surface area contributed by atoms with Crippen LogP contribution in [0, 0.1) is 0 Å². The summed E-state index contributed by atoms with van der Waals surface area (Å²) in [6.07, 6.45) is -0.518. The third-order valence-corrected chi connectivity index (χ3v) is 2.93. The van der Waals surface area contributed by atoms with Crippen LogP contribution >= 0.6 is 23.2 Å². The number of ether oxygens (including phenoxy) is 1. The summed E-state index contributed by atoms with van der Waals surface area (Å²) in [6, 6.07) is 5.22. The van der Waals surface area contributed by atoms with Crippen LogP contribution < -0.4 is 0 Å². The second kappa shape index (κ2) is 6.69. The van der Waals surface area contributed by atoms with Crippen LogP contribution in [0.1, 0.15) is 5.56 Å². The van der Waals surface area contributed by atoms with Gasteiger partial charge in [0.2, 0.25) is 0 Å². The van der Waals surface area contributed by atoms with Crippen molar-refractivity contribution in [3.63, 3.8) is 0 Å². The zero-order valence-corrected chi connectivity index (χ0v) is 10.8. The first-order valence-corrected chi connectivity index (χ1v) is 5.73. The van der Waals surface area contributed by atoms with E-state index in [1.165, 1.54) is 4.90 Å². The van der Waals surface area contributed by atoms with Gasteiger partial charge in [-0.1, -0.05) is 35.3 Å². The number of hydrogen-bond donors (Lipinski definition) is 1. The molecule has 1 aromatic rings. The first-order valence-electron chi connectivity index (χ1n) is 4.98. The molecule has 1 rings (SSSR count). The van der Waals surface area contributed by atoms with E-state index in [4.69, 9.17) is 33.0 Å². The third kappa shape index (κ3) is 4.07. The zero-order valence-electron chi connectivity index (χ0n) is 9.32. The molecule has 0 spiro atoms. The summed E-state index contributed by atoms with van der Waals surface area (Å²) in [4.78, 5) is 12.8. The molecule has 0 aliphatic heterocycles. The quantitative estimate of drug-likeness (QED) is 0.920. The molecule has 0 heterocycles. The number of aliphatic hydroxyl groups excluding tert-OH is 1. The van der Waals surface area contributed by atoms with Crippen molar-refractivity contribution < 1.29 is 14.6 Å². The van der Waals surface area contributed by atoms with Crippen LogP contribution in [0.4, 0.5) is 4.79 Å². The van der Waals surface area contributed by atoms with E-state index < -0.39 is 6.09 Å². The molecule has 0 bridgehead atoms. The predicted molar refractivity (Wildman–Crippen MR) is 66.4 cm³/mol. The van der Waals surface area contributed by atoms with Crippen LogP contribution in [0.5, 0.6) is 0 Å². The summed E-state index contributed by atoms with van der Waals surface area (Å²) in [5.41, 5.74) is 0.739. The number of amides is 1. The molecular weight excluding hydrogens is 265 g/mol. The largest absolute Gasteiger partial charge is 0.447 e. The maximum absolute atomic E-state index is 11.4. The number of halogens is 2. The molecule has 0 aliphatic carbocycles. The minimum atomic E-state index is -0.518. The SMILES string of the molecule is CN(Cc1cccc(Cl)c1Cl)C(=O)OCCO. The Hall–Kier alpha value is -0.970. The van der Waals surface area contributed by atoms with E-state index in [1.807, 2.05) is 0 Å². The molecular formula is C11H13Cl2NO3. The van der Waals surface area contributed by atoms with E-state index in [2.05, 4.69) is 0 Å². The Morgan fingerprint density at radius 1 is 1.47 bits per heavy atom. The minimum Gasteiger partial charge on any atom is -0.447 e. The van der Waals surface area contributed by atoms with Gasteiger partial charge in [0.05, 0.1) is 23.2 Å². The standard InChI is InChI=1S/C11H13Cl2NO3/c1-14(11(16)17-6-5-15)7-8-3-2-4-9(12)10(8)13/h2-4,15H,5-7H2,1H3. The summed E-state index contributed by atoms with van der Waals surface area (Å²) < 4.78 is 4.76. The van der Waals surface area contributed by atoms with Crippen molar-refractivity contribution in [2.75, 3.05) is 20.3 Å². The number of aliphatic hydroxyl groups is 1. The minimum absolute atomic E-state index is 0.0214. The molecule has 0 radical (unpaired) electrons. The Balaban J connectivity index is 2.64. The zero-order chi connectivity index (χ0) is 12.8. The van der Waals surface area contributed by atoms with E-state index in [9.17, 15) is 4.79 Å². The van der Waals surface area contributed by atoms with Crippen LogP contribution in [-0.4, -0.2) is 36.4 Å². The molecule has 0 unspecified atom stereocenters. The highest BCUT2D eigenvalue weighted by molar-refractivity contribution is 6.42. The molecule has 1 amide bonds. The molecule has 0 fully saturated rings. The molecule has 1 aromatic carbocycles. The molecule has 17 heavy (non-hydrogen) atoms. The lowest BCUT2D eigenvalue weighted by Crippen LogP contribution is -2.27. The van der Waals surface area contributed by atoms with Gasteiger partial charge >= 0.3 is 6.09 Å². The van der Waals surface area contributed by atoms with Crippen LogP contribution in [-0.2, 0) is 11.3 Å². The van der Waals surface area contributed by atoms with Crippen LogP contribution in [0.25, 0.3) is 0 Å². The summed E-state index contributed by atoms with van der Waals surface area (Å²) in [6.45, 7) is 0.0770. The van der Waals surface area contributed by atoms with Crippen molar-refractivity contribution in [2.24, 2.45) is 0 Å². The summed E-state index contributed by atoms with van der Waals surface area (Å²) in [7, 11) is 1.58. The Morgan fingerprint density at radius 2 is 2.18 bits per heavy atom. The maximum Gasteiger partial charge on any atom is 0.409 e. The van der Waals surface area contributed by atoms with Gasteiger partial charge in [-0.3, -0.25) is 0 Å². The Morgan fingerprint density at radius 3 is 2.82 bits per heavy atom. The van der Waals surface area contributed by atoms with Crippen molar-refractivity contribution in [1.29, 1.82) is 0 Å². The lowest BCUT2D eigenvalue weighted by Gasteiger charge is -2.17. The molecule has 94 valence electrons. The van der Waals surface area contributed by atoms with E-state index in [0.29, 0.717) is 16.6 Å². The van der Waals surface area contributed by atoms with E-state index >= 15 is 0 Å². The third-order valence-electron chi connectivity index (χ3n) is 2.07. The highest BCUT2D eigenvalue weighted by atomic mass is 35.5. The lowest BCUT2D eigenvalue weighted by atomic mass is 10.2. The van der Waals surface area contributed by atoms with Gasteiger partial charge < -0.3 is 14.7 Å². The molecule has 0 atom stereocenters. The Labute approximate surface area is 110 Å². The highest BCUT2D eigenvalue weighted by Crippen LogP contribution is 2.26. The van der Waals surface area contributed by atoms with Crippen molar-refractivity contribution >= 4 is 29.3 Å². The molecule has 0 saturated heterocycles. The van der Waals surface area contributed by atoms with E-state index in [1.54, 1.807) is 25.2 Å². The van der Waals surface area contributed by atoms with Gasteiger partial charge in [0, 0.05) is 7.05 Å². The predicted octanol–water partition coefficient (Wildman–Crippen LogP) is 2.55. The number of carbonyl (C=O) groups excluding carboxylic acids is 1. The summed E-state index contributed by atoms with van der Waals surface area (Å²) >= 11 is 11.9. The number of nitrogens with zero attached hydrogens (tertiary/aromatic N) is 1. The molecule has 6 heteroatoms. The van der Waals surface area contributed by atoms with Gasteiger partial charge in [-0.25, -0.2) is 4.79 Å². The van der Waals surface area contributed by atoms with Crippen LogP contribution in [0.15, 0.2) is 18.2 Å². The van der Waals surface area contributed by atoms with Crippen LogP contribution in [0.3, 0.4) is 0 Å². The van der Waals surface area contributed by atoms with Gasteiger partial charge in [-0.05, 0) is 11.6 Å². The number of carbonyl (C=O) groups is 1. The number of benzene rings is 1. The molecule has 0 aliphatic rings. The van der Waals surface area contributed by atoms with Crippen molar-refractivity contribution in [1.82, 2.24) is 4.90 Å². The Bertz CT molecular complexity index is 398. The van der Waals surface area contributed by atoms with Gasteiger partial charge in [-0.2, -0.15) is 0 Å². The van der Waals surface area contributed by atoms with Crippen molar-refractivity contribution in [3.05, 3.63) is 33.8 Å². The fourth-order valence-electron chi connectivity index (χ4n) is 1.23. The molecule has 0 aromatic heterocycles. The van der Waals surface area contributed by atoms with E-state index in [0.717, 1.165) is 5.56 Å². The highest BCUT2D eigenvalue weighted by Gasteiger charge is 2.13. The average molecular weight is 278 g/mol. The Kier molecular flexibility index (Phi) is 5.55. The monoisotopic (exact) mass is 277 g/mol. The molecule has 4 nitrogen and oxygen atoms in total. The van der Waals surface area contributed by atoms with E-state index in [-0.39, 0.29) is 13.2 Å². The smallest absolute Gasteiger partial charge is 0.409 e. The topological polar surface area (TPSA) is 49.8 Å². The second-order valence-electron chi connectivity index (χ2n) is 3.41. The van der Waals surface area contributed by atoms with Gasteiger partial charge in [0.15, 0.2) is 0 Å². The van der Waals surface area contributed by atoms with Gasteiger partial charge in [0.25, 0.3) is 0 Å². The lowest BCUT2D eigenvalue weighted by molar-refractivity contribution is 0.0894. The fourth-order valence-corrected chi connectivity index (χ4v) is 1.61. The maximum atomic E-state index is 11.4. The normalized spacial score (nSPS) is 10.1. The second-order valence-corrected chi connectivity index (χ2v) is 4.19. The number of hydrogen-bond acceptors (Lipinski definition) is 3. The number of rotatable bonds is 4. The van der Waals surface area contributed by atoms with Crippen molar-refractivity contribution in [2.45, 2.75) is 6.54 Å².